The summed E-state index contributed by atoms with van der Waals surface area (Å²) >= 11 is 0. The predicted molar refractivity (Wildman–Crippen MR) is 71.8 cm³/mol. The fourth-order valence-corrected chi connectivity index (χ4v) is 1.83. The van der Waals surface area contributed by atoms with Gasteiger partial charge in [0.05, 0.1) is 6.07 Å². The minimum atomic E-state index is 0.568. The van der Waals surface area contributed by atoms with Crippen molar-refractivity contribution in [3.05, 3.63) is 34.9 Å². The van der Waals surface area contributed by atoms with Crippen molar-refractivity contribution in [1.82, 2.24) is 4.90 Å². The maximum Gasteiger partial charge on any atom is 0.0635 e. The average molecular weight is 230 g/mol. The zero-order valence-corrected chi connectivity index (χ0v) is 11.3. The Bertz CT molecular complexity index is 402. The fraction of sp³-hybridized carbons (Fsp3) is 0.533. The van der Waals surface area contributed by atoms with Gasteiger partial charge in [-0.3, -0.25) is 0 Å². The van der Waals surface area contributed by atoms with Gasteiger partial charge in [0, 0.05) is 19.5 Å². The quantitative estimate of drug-likeness (QED) is 0.774. The smallest absolute Gasteiger partial charge is 0.0635 e. The van der Waals surface area contributed by atoms with Gasteiger partial charge in [-0.15, -0.1) is 0 Å². The zero-order chi connectivity index (χ0) is 12.8. The van der Waals surface area contributed by atoms with E-state index in [2.05, 4.69) is 57.0 Å². The molecule has 0 spiro atoms. The largest absolute Gasteiger partial charge is 0.301 e. The summed E-state index contributed by atoms with van der Waals surface area (Å²) in [5.41, 5.74) is 4.09. The van der Waals surface area contributed by atoms with E-state index in [0.29, 0.717) is 12.3 Å². The van der Waals surface area contributed by atoms with Crippen molar-refractivity contribution < 1.29 is 0 Å². The van der Waals surface area contributed by atoms with Gasteiger partial charge in [-0.05, 0) is 36.6 Å². The Hall–Kier alpha value is -1.33. The summed E-state index contributed by atoms with van der Waals surface area (Å²) in [6.45, 7) is 8.34. The van der Waals surface area contributed by atoms with Gasteiger partial charge in [0.15, 0.2) is 0 Å². The van der Waals surface area contributed by atoms with Crippen LogP contribution in [0.25, 0.3) is 0 Å². The van der Waals surface area contributed by atoms with Crippen LogP contribution in [0.1, 0.15) is 42.9 Å². The lowest BCUT2D eigenvalue weighted by Crippen LogP contribution is -2.19. The molecule has 2 heteroatoms. The highest BCUT2D eigenvalue weighted by molar-refractivity contribution is 5.32. The summed E-state index contributed by atoms with van der Waals surface area (Å²) in [4.78, 5) is 2.20. The van der Waals surface area contributed by atoms with Crippen LogP contribution in [0, 0.1) is 18.3 Å². The summed E-state index contributed by atoms with van der Waals surface area (Å²) in [6, 6.07) is 8.89. The molecule has 0 unspecified atom stereocenters. The van der Waals surface area contributed by atoms with E-state index in [4.69, 9.17) is 5.26 Å². The Balaban J connectivity index is 2.76. The van der Waals surface area contributed by atoms with E-state index < -0.39 is 0 Å². The van der Waals surface area contributed by atoms with E-state index in [1.165, 1.54) is 16.7 Å². The van der Waals surface area contributed by atoms with E-state index in [1.54, 1.807) is 0 Å². The van der Waals surface area contributed by atoms with Gasteiger partial charge in [-0.2, -0.15) is 5.26 Å². The number of nitrogens with zero attached hydrogens (tertiary/aromatic N) is 2. The molecule has 0 amide bonds. The molecule has 1 aromatic carbocycles. The molecule has 0 heterocycles. The molecular weight excluding hydrogens is 208 g/mol. The predicted octanol–water partition coefficient (Wildman–Crippen LogP) is 3.46. The summed E-state index contributed by atoms with van der Waals surface area (Å²) in [7, 11) is 2.07. The van der Waals surface area contributed by atoms with E-state index >= 15 is 0 Å². The topological polar surface area (TPSA) is 27.0 Å². The second-order valence-electron chi connectivity index (χ2n) is 4.99. The molecule has 0 bridgehead atoms. The van der Waals surface area contributed by atoms with Crippen LogP contribution in [0.15, 0.2) is 18.2 Å². The molecule has 17 heavy (non-hydrogen) atoms. The maximum absolute atomic E-state index is 8.58. The molecule has 0 atom stereocenters. The van der Waals surface area contributed by atoms with Crippen molar-refractivity contribution in [2.75, 3.05) is 13.6 Å². The van der Waals surface area contributed by atoms with Crippen molar-refractivity contribution in [3.63, 3.8) is 0 Å². The maximum atomic E-state index is 8.58. The van der Waals surface area contributed by atoms with E-state index in [1.807, 2.05) is 0 Å². The summed E-state index contributed by atoms with van der Waals surface area (Å²) in [5, 5.41) is 8.58. The molecule has 2 nitrogen and oxygen atoms in total. The standard InChI is InChI=1S/C15H22N2/c1-12(2)14-7-6-13(3)15(10-14)11-17(4)9-5-8-16/h6-7,10,12H,5,9,11H2,1-4H3. The number of aryl methyl sites for hydroxylation is 1. The Morgan fingerprint density at radius 3 is 2.65 bits per heavy atom. The van der Waals surface area contributed by atoms with Gasteiger partial charge in [-0.1, -0.05) is 32.0 Å². The number of nitriles is 1. The molecule has 0 aliphatic heterocycles. The Morgan fingerprint density at radius 1 is 1.35 bits per heavy atom. The van der Waals surface area contributed by atoms with Crippen molar-refractivity contribution >= 4 is 0 Å². The summed E-state index contributed by atoms with van der Waals surface area (Å²) in [6.07, 6.45) is 0.597. The Morgan fingerprint density at radius 2 is 2.06 bits per heavy atom. The second kappa shape index (κ2) is 6.42. The van der Waals surface area contributed by atoms with Gasteiger partial charge in [-0.25, -0.2) is 0 Å². The van der Waals surface area contributed by atoms with Crippen molar-refractivity contribution in [2.45, 2.75) is 39.7 Å². The first-order valence-corrected chi connectivity index (χ1v) is 6.19. The second-order valence-corrected chi connectivity index (χ2v) is 4.99. The van der Waals surface area contributed by atoms with Gasteiger partial charge < -0.3 is 4.90 Å². The number of benzene rings is 1. The molecule has 0 N–H and O–H groups in total. The van der Waals surface area contributed by atoms with Crippen LogP contribution in [0.2, 0.25) is 0 Å². The Labute approximate surface area is 105 Å². The minimum Gasteiger partial charge on any atom is -0.301 e. The van der Waals surface area contributed by atoms with Crippen molar-refractivity contribution in [2.24, 2.45) is 0 Å². The van der Waals surface area contributed by atoms with Gasteiger partial charge in [0.1, 0.15) is 0 Å². The Kier molecular flexibility index (Phi) is 5.18. The van der Waals surface area contributed by atoms with Crippen LogP contribution in [-0.2, 0) is 6.54 Å². The van der Waals surface area contributed by atoms with Crippen LogP contribution < -0.4 is 0 Å². The molecule has 1 rings (SSSR count). The molecule has 0 aliphatic carbocycles. The first-order valence-electron chi connectivity index (χ1n) is 6.19. The lowest BCUT2D eigenvalue weighted by atomic mass is 9.97. The highest BCUT2D eigenvalue weighted by Gasteiger charge is 2.06. The highest BCUT2D eigenvalue weighted by atomic mass is 15.1. The van der Waals surface area contributed by atoms with Crippen molar-refractivity contribution in [1.29, 1.82) is 5.26 Å². The molecule has 0 fully saturated rings. The highest BCUT2D eigenvalue weighted by Crippen LogP contribution is 2.19. The third kappa shape index (κ3) is 4.20. The molecule has 1 aromatic rings. The monoisotopic (exact) mass is 230 g/mol. The SMILES string of the molecule is Cc1ccc(C(C)C)cc1CN(C)CCC#N. The number of rotatable bonds is 5. The van der Waals surface area contributed by atoms with Crippen LogP contribution >= 0.6 is 0 Å². The zero-order valence-electron chi connectivity index (χ0n) is 11.3. The summed E-state index contributed by atoms with van der Waals surface area (Å²) < 4.78 is 0. The molecule has 0 saturated heterocycles. The fourth-order valence-electron chi connectivity index (χ4n) is 1.83. The van der Waals surface area contributed by atoms with Gasteiger partial charge in [0.25, 0.3) is 0 Å². The first-order chi connectivity index (χ1) is 8.04. The van der Waals surface area contributed by atoms with Crippen LogP contribution in [0.3, 0.4) is 0 Å². The minimum absolute atomic E-state index is 0.568. The van der Waals surface area contributed by atoms with Gasteiger partial charge >= 0.3 is 0 Å². The molecule has 0 aliphatic rings. The number of hydrogen-bond acceptors (Lipinski definition) is 2. The lowest BCUT2D eigenvalue weighted by molar-refractivity contribution is 0.334. The lowest BCUT2D eigenvalue weighted by Gasteiger charge is -2.18. The molecule has 0 saturated carbocycles. The third-order valence-corrected chi connectivity index (χ3v) is 3.09. The van der Waals surface area contributed by atoms with Crippen LogP contribution in [0.5, 0.6) is 0 Å². The molecular formula is C15H22N2. The molecule has 92 valence electrons. The van der Waals surface area contributed by atoms with E-state index in [-0.39, 0.29) is 0 Å². The van der Waals surface area contributed by atoms with Crippen molar-refractivity contribution in [3.8, 4) is 6.07 Å². The van der Waals surface area contributed by atoms with E-state index in [9.17, 15) is 0 Å². The van der Waals surface area contributed by atoms with Gasteiger partial charge in [0.2, 0.25) is 0 Å². The van der Waals surface area contributed by atoms with Crippen LogP contribution in [0.4, 0.5) is 0 Å². The van der Waals surface area contributed by atoms with Crippen LogP contribution in [-0.4, -0.2) is 18.5 Å². The first kappa shape index (κ1) is 13.7. The molecule has 0 aromatic heterocycles. The normalized spacial score (nSPS) is 10.9. The average Bonchev–Trinajstić information content (AvgIpc) is 2.29. The molecule has 0 radical (unpaired) electrons. The summed E-state index contributed by atoms with van der Waals surface area (Å²) in [5.74, 6) is 0.568. The van der Waals surface area contributed by atoms with E-state index in [0.717, 1.165) is 13.1 Å². The third-order valence-electron chi connectivity index (χ3n) is 3.09. The number of hydrogen-bond donors (Lipinski definition) is 0.